The van der Waals surface area contributed by atoms with Crippen LogP contribution in [0.15, 0.2) is 17.0 Å². The third-order valence-electron chi connectivity index (χ3n) is 1.50. The van der Waals surface area contributed by atoms with Crippen LogP contribution < -0.4 is 0 Å². The summed E-state index contributed by atoms with van der Waals surface area (Å²) in [6.07, 6.45) is 3.19. The van der Waals surface area contributed by atoms with Crippen LogP contribution in [0, 0.1) is 0 Å². The van der Waals surface area contributed by atoms with Gasteiger partial charge in [-0.2, -0.15) is 0 Å². The standard InChI is InChI=1S/C7H9NO3/c1-2-5(7(9)10)6-3-8-4-11-6/h3-5H,2H2,1H3,(H,9,10). The van der Waals surface area contributed by atoms with E-state index in [1.807, 2.05) is 0 Å². The maximum atomic E-state index is 10.5. The van der Waals surface area contributed by atoms with Crippen LogP contribution in [0.25, 0.3) is 0 Å². The summed E-state index contributed by atoms with van der Waals surface area (Å²) < 4.78 is 4.86. The van der Waals surface area contributed by atoms with E-state index in [1.54, 1.807) is 6.92 Å². The third kappa shape index (κ3) is 1.58. The number of hydrogen-bond acceptors (Lipinski definition) is 3. The zero-order chi connectivity index (χ0) is 8.27. The van der Waals surface area contributed by atoms with Crippen LogP contribution in [-0.4, -0.2) is 16.1 Å². The van der Waals surface area contributed by atoms with Gasteiger partial charge in [0.2, 0.25) is 0 Å². The Morgan fingerprint density at radius 1 is 1.91 bits per heavy atom. The summed E-state index contributed by atoms with van der Waals surface area (Å²) in [4.78, 5) is 14.2. The topological polar surface area (TPSA) is 63.3 Å². The Morgan fingerprint density at radius 2 is 2.64 bits per heavy atom. The van der Waals surface area contributed by atoms with Crippen molar-refractivity contribution in [2.75, 3.05) is 0 Å². The van der Waals surface area contributed by atoms with E-state index in [0.717, 1.165) is 0 Å². The molecule has 1 heterocycles. The van der Waals surface area contributed by atoms with Gasteiger partial charge in [-0.15, -0.1) is 0 Å². The number of carboxylic acid groups (broad SMARTS) is 1. The average molecular weight is 155 g/mol. The van der Waals surface area contributed by atoms with Crippen LogP contribution in [0.4, 0.5) is 0 Å². The zero-order valence-electron chi connectivity index (χ0n) is 6.15. The van der Waals surface area contributed by atoms with Crippen molar-refractivity contribution in [2.24, 2.45) is 0 Å². The van der Waals surface area contributed by atoms with E-state index in [4.69, 9.17) is 9.52 Å². The molecule has 0 amide bonds. The Morgan fingerprint density at radius 3 is 3.00 bits per heavy atom. The van der Waals surface area contributed by atoms with Gasteiger partial charge in [-0.05, 0) is 6.42 Å². The number of rotatable bonds is 3. The van der Waals surface area contributed by atoms with E-state index in [-0.39, 0.29) is 0 Å². The molecule has 0 aliphatic carbocycles. The molecule has 0 saturated heterocycles. The molecule has 0 aromatic carbocycles. The first kappa shape index (κ1) is 7.78. The Hall–Kier alpha value is -1.32. The Bertz CT molecular complexity index is 230. The Balaban J connectivity index is 2.79. The van der Waals surface area contributed by atoms with Crippen molar-refractivity contribution in [2.45, 2.75) is 19.3 Å². The summed E-state index contributed by atoms with van der Waals surface area (Å²) in [5.74, 6) is -1.01. The van der Waals surface area contributed by atoms with Crippen molar-refractivity contribution in [1.29, 1.82) is 0 Å². The molecule has 60 valence electrons. The van der Waals surface area contributed by atoms with Crippen molar-refractivity contribution in [1.82, 2.24) is 4.98 Å². The first-order chi connectivity index (χ1) is 5.25. The summed E-state index contributed by atoms with van der Waals surface area (Å²) in [6.45, 7) is 1.79. The lowest BCUT2D eigenvalue weighted by Crippen LogP contribution is -2.09. The zero-order valence-corrected chi connectivity index (χ0v) is 6.15. The lowest BCUT2D eigenvalue weighted by Gasteiger charge is -2.03. The van der Waals surface area contributed by atoms with E-state index >= 15 is 0 Å². The molecule has 4 nitrogen and oxygen atoms in total. The molecule has 1 atom stereocenters. The number of nitrogens with zero attached hydrogens (tertiary/aromatic N) is 1. The fourth-order valence-corrected chi connectivity index (χ4v) is 0.895. The summed E-state index contributed by atoms with van der Waals surface area (Å²) >= 11 is 0. The minimum atomic E-state index is -0.871. The molecule has 4 heteroatoms. The first-order valence-electron chi connectivity index (χ1n) is 3.37. The summed E-state index contributed by atoms with van der Waals surface area (Å²) in [5, 5.41) is 8.66. The Labute approximate surface area is 63.9 Å². The van der Waals surface area contributed by atoms with E-state index < -0.39 is 11.9 Å². The SMILES string of the molecule is CCC(C(=O)O)c1cnco1. The van der Waals surface area contributed by atoms with E-state index in [0.29, 0.717) is 12.2 Å². The van der Waals surface area contributed by atoms with Gasteiger partial charge in [0.15, 0.2) is 6.39 Å². The lowest BCUT2D eigenvalue weighted by molar-refractivity contribution is -0.139. The number of aliphatic carboxylic acids is 1. The molecule has 0 bridgehead atoms. The second kappa shape index (κ2) is 3.18. The van der Waals surface area contributed by atoms with Gasteiger partial charge in [0, 0.05) is 0 Å². The van der Waals surface area contributed by atoms with Crippen LogP contribution in [0.2, 0.25) is 0 Å². The van der Waals surface area contributed by atoms with Gasteiger partial charge < -0.3 is 9.52 Å². The number of hydrogen-bond donors (Lipinski definition) is 1. The third-order valence-corrected chi connectivity index (χ3v) is 1.50. The maximum absolute atomic E-state index is 10.5. The van der Waals surface area contributed by atoms with Crippen LogP contribution in [0.5, 0.6) is 0 Å². The monoisotopic (exact) mass is 155 g/mol. The minimum Gasteiger partial charge on any atom is -0.481 e. The molecule has 1 aromatic heterocycles. The van der Waals surface area contributed by atoms with Crippen molar-refractivity contribution in [3.05, 3.63) is 18.4 Å². The van der Waals surface area contributed by atoms with Gasteiger partial charge in [0.05, 0.1) is 6.20 Å². The molecule has 1 rings (SSSR count). The molecular formula is C7H9NO3. The highest BCUT2D eigenvalue weighted by Crippen LogP contribution is 2.18. The van der Waals surface area contributed by atoms with Crippen LogP contribution in [0.3, 0.4) is 0 Å². The van der Waals surface area contributed by atoms with Crippen molar-refractivity contribution in [3.8, 4) is 0 Å². The van der Waals surface area contributed by atoms with Gasteiger partial charge in [-0.3, -0.25) is 4.79 Å². The van der Waals surface area contributed by atoms with Crippen LogP contribution in [0.1, 0.15) is 25.0 Å². The molecule has 0 saturated carbocycles. The number of carboxylic acids is 1. The molecule has 0 radical (unpaired) electrons. The van der Waals surface area contributed by atoms with Crippen LogP contribution in [-0.2, 0) is 4.79 Å². The molecule has 11 heavy (non-hydrogen) atoms. The maximum Gasteiger partial charge on any atom is 0.314 e. The van der Waals surface area contributed by atoms with Gasteiger partial charge >= 0.3 is 5.97 Å². The van der Waals surface area contributed by atoms with Gasteiger partial charge in [0.1, 0.15) is 11.7 Å². The molecule has 1 N–H and O–H groups in total. The second-order valence-electron chi connectivity index (χ2n) is 2.20. The van der Waals surface area contributed by atoms with Crippen molar-refractivity contribution < 1.29 is 14.3 Å². The molecular weight excluding hydrogens is 146 g/mol. The molecule has 0 aliphatic rings. The first-order valence-corrected chi connectivity index (χ1v) is 3.37. The van der Waals surface area contributed by atoms with Crippen molar-refractivity contribution >= 4 is 5.97 Å². The molecule has 0 fully saturated rings. The van der Waals surface area contributed by atoms with Crippen LogP contribution >= 0.6 is 0 Å². The van der Waals surface area contributed by atoms with Gasteiger partial charge in [0.25, 0.3) is 0 Å². The normalized spacial score (nSPS) is 12.8. The quantitative estimate of drug-likeness (QED) is 0.713. The smallest absolute Gasteiger partial charge is 0.314 e. The Kier molecular flexibility index (Phi) is 2.25. The van der Waals surface area contributed by atoms with Gasteiger partial charge in [-0.1, -0.05) is 6.92 Å². The average Bonchev–Trinajstić information content (AvgIpc) is 2.40. The highest BCUT2D eigenvalue weighted by Gasteiger charge is 2.20. The predicted molar refractivity (Wildman–Crippen MR) is 37.2 cm³/mol. The molecule has 0 aliphatic heterocycles. The van der Waals surface area contributed by atoms with E-state index in [1.165, 1.54) is 12.6 Å². The molecule has 0 spiro atoms. The van der Waals surface area contributed by atoms with E-state index in [2.05, 4.69) is 4.98 Å². The number of aromatic nitrogens is 1. The summed E-state index contributed by atoms with van der Waals surface area (Å²) in [6, 6.07) is 0. The number of oxazole rings is 1. The summed E-state index contributed by atoms with van der Waals surface area (Å²) in [7, 11) is 0. The highest BCUT2D eigenvalue weighted by molar-refractivity contribution is 5.74. The van der Waals surface area contributed by atoms with Gasteiger partial charge in [-0.25, -0.2) is 4.98 Å². The minimum absolute atomic E-state index is 0.417. The fourth-order valence-electron chi connectivity index (χ4n) is 0.895. The lowest BCUT2D eigenvalue weighted by atomic mass is 10.1. The summed E-state index contributed by atoms with van der Waals surface area (Å²) in [5.41, 5.74) is 0. The largest absolute Gasteiger partial charge is 0.481 e. The number of carbonyl (C=O) groups is 1. The molecule has 1 aromatic rings. The highest BCUT2D eigenvalue weighted by atomic mass is 16.4. The molecule has 1 unspecified atom stereocenters. The predicted octanol–water partition coefficient (Wildman–Crippen LogP) is 1.25. The van der Waals surface area contributed by atoms with E-state index in [9.17, 15) is 4.79 Å². The fraction of sp³-hybridized carbons (Fsp3) is 0.429. The van der Waals surface area contributed by atoms with Crippen molar-refractivity contribution in [3.63, 3.8) is 0 Å². The second-order valence-corrected chi connectivity index (χ2v) is 2.20.